The van der Waals surface area contributed by atoms with Gasteiger partial charge in [0, 0.05) is 10.6 Å². The Morgan fingerprint density at radius 1 is 1.45 bits per heavy atom. The number of benzene rings is 1. The van der Waals surface area contributed by atoms with Crippen molar-refractivity contribution in [1.82, 2.24) is 5.32 Å². The molecule has 0 aliphatic heterocycles. The molecule has 0 spiro atoms. The highest BCUT2D eigenvalue weighted by atomic mass is 35.5. The number of amides is 1. The van der Waals surface area contributed by atoms with Crippen LogP contribution < -0.4 is 10.1 Å². The molecule has 0 bridgehead atoms. The number of rotatable bonds is 4. The first-order valence-corrected chi connectivity index (χ1v) is 7.28. The fraction of sp³-hybridized carbons (Fsp3) is 0.533. The molecule has 1 amide bonds. The molecule has 1 aliphatic carbocycles. The zero-order chi connectivity index (χ0) is 14.5. The number of methoxy groups -OCH3 is 1. The van der Waals surface area contributed by atoms with Gasteiger partial charge in [-0.25, -0.2) is 0 Å². The highest BCUT2D eigenvalue weighted by molar-refractivity contribution is 6.30. The van der Waals surface area contributed by atoms with E-state index in [-0.39, 0.29) is 18.4 Å². The number of carbonyl (C=O) groups excluding carboxylic acids is 1. The Morgan fingerprint density at radius 2 is 2.20 bits per heavy atom. The van der Waals surface area contributed by atoms with Gasteiger partial charge in [-0.15, -0.1) is 0 Å². The Bertz CT molecular complexity index is 478. The molecule has 4 nitrogen and oxygen atoms in total. The second-order valence-electron chi connectivity index (χ2n) is 5.16. The van der Waals surface area contributed by atoms with E-state index < -0.39 is 6.10 Å². The molecule has 20 heavy (non-hydrogen) atoms. The Morgan fingerprint density at radius 3 is 2.90 bits per heavy atom. The molecule has 0 unspecified atom stereocenters. The largest absolute Gasteiger partial charge is 0.496 e. The molecule has 1 aromatic rings. The van der Waals surface area contributed by atoms with Crippen molar-refractivity contribution in [2.45, 2.75) is 44.2 Å². The smallest absolute Gasteiger partial charge is 0.224 e. The van der Waals surface area contributed by atoms with Gasteiger partial charge in [-0.05, 0) is 31.0 Å². The molecular weight excluding hydrogens is 278 g/mol. The van der Waals surface area contributed by atoms with Crippen molar-refractivity contribution in [2.24, 2.45) is 0 Å². The van der Waals surface area contributed by atoms with E-state index in [1.807, 2.05) is 0 Å². The van der Waals surface area contributed by atoms with Crippen molar-refractivity contribution in [1.29, 1.82) is 0 Å². The van der Waals surface area contributed by atoms with Crippen molar-refractivity contribution in [3.05, 3.63) is 28.8 Å². The maximum Gasteiger partial charge on any atom is 0.224 e. The van der Waals surface area contributed by atoms with Crippen molar-refractivity contribution in [2.75, 3.05) is 7.11 Å². The van der Waals surface area contributed by atoms with Gasteiger partial charge in [0.1, 0.15) is 5.75 Å². The quantitative estimate of drug-likeness (QED) is 0.896. The molecule has 1 saturated carbocycles. The summed E-state index contributed by atoms with van der Waals surface area (Å²) in [6.45, 7) is 0. The average Bonchev–Trinajstić information content (AvgIpc) is 2.41. The summed E-state index contributed by atoms with van der Waals surface area (Å²) in [6, 6.07) is 5.08. The lowest BCUT2D eigenvalue weighted by Crippen LogP contribution is -2.45. The first kappa shape index (κ1) is 15.1. The molecule has 5 heteroatoms. The van der Waals surface area contributed by atoms with Crippen LogP contribution in [0, 0.1) is 0 Å². The molecule has 0 aromatic heterocycles. The summed E-state index contributed by atoms with van der Waals surface area (Å²) in [6.07, 6.45) is 3.42. The Balaban J connectivity index is 1.99. The summed E-state index contributed by atoms with van der Waals surface area (Å²) in [5.74, 6) is 0.533. The normalized spacial score (nSPS) is 22.4. The topological polar surface area (TPSA) is 58.6 Å². The maximum atomic E-state index is 12.1. The van der Waals surface area contributed by atoms with E-state index in [0.29, 0.717) is 10.8 Å². The van der Waals surface area contributed by atoms with Gasteiger partial charge in [-0.2, -0.15) is 0 Å². The van der Waals surface area contributed by atoms with Gasteiger partial charge >= 0.3 is 0 Å². The van der Waals surface area contributed by atoms with Gasteiger partial charge in [0.15, 0.2) is 0 Å². The van der Waals surface area contributed by atoms with Crippen LogP contribution in [0.2, 0.25) is 5.02 Å². The number of aliphatic hydroxyl groups is 1. The van der Waals surface area contributed by atoms with Gasteiger partial charge in [-0.3, -0.25) is 4.79 Å². The highest BCUT2D eigenvalue weighted by Crippen LogP contribution is 2.23. The van der Waals surface area contributed by atoms with Crippen molar-refractivity contribution < 1.29 is 14.6 Å². The van der Waals surface area contributed by atoms with E-state index in [2.05, 4.69) is 5.32 Å². The molecule has 2 N–H and O–H groups in total. The molecule has 0 radical (unpaired) electrons. The third-order valence-electron chi connectivity index (χ3n) is 3.67. The van der Waals surface area contributed by atoms with Crippen LogP contribution in [0.3, 0.4) is 0 Å². The number of hydrogen-bond donors (Lipinski definition) is 2. The third kappa shape index (κ3) is 3.87. The SMILES string of the molecule is COc1ccc(Cl)cc1CC(=O)N[C@H]1CCCC[C@@H]1O. The Hall–Kier alpha value is -1.26. The fourth-order valence-electron chi connectivity index (χ4n) is 2.60. The van der Waals surface area contributed by atoms with E-state index in [4.69, 9.17) is 16.3 Å². The maximum absolute atomic E-state index is 12.1. The van der Waals surface area contributed by atoms with E-state index >= 15 is 0 Å². The molecule has 0 heterocycles. The van der Waals surface area contributed by atoms with Crippen molar-refractivity contribution in [3.63, 3.8) is 0 Å². The van der Waals surface area contributed by atoms with Crippen LogP contribution in [-0.2, 0) is 11.2 Å². The van der Waals surface area contributed by atoms with Crippen LogP contribution in [0.5, 0.6) is 5.75 Å². The summed E-state index contributed by atoms with van der Waals surface area (Å²) >= 11 is 5.95. The number of nitrogens with one attached hydrogen (secondary N) is 1. The predicted octanol–water partition coefficient (Wildman–Crippen LogP) is 2.31. The molecular formula is C15H20ClNO3. The third-order valence-corrected chi connectivity index (χ3v) is 3.90. The highest BCUT2D eigenvalue weighted by Gasteiger charge is 2.24. The van der Waals surface area contributed by atoms with Crippen LogP contribution in [0.25, 0.3) is 0 Å². The molecule has 0 saturated heterocycles. The Kier molecular flexibility index (Phi) is 5.26. The van der Waals surface area contributed by atoms with Crippen molar-refractivity contribution in [3.8, 4) is 5.75 Å². The number of aliphatic hydroxyl groups excluding tert-OH is 1. The number of hydrogen-bond acceptors (Lipinski definition) is 3. The van der Waals surface area contributed by atoms with Crippen LogP contribution in [0.15, 0.2) is 18.2 Å². The zero-order valence-electron chi connectivity index (χ0n) is 11.6. The van der Waals surface area contributed by atoms with Crippen LogP contribution in [0.4, 0.5) is 0 Å². The molecule has 1 fully saturated rings. The second-order valence-corrected chi connectivity index (χ2v) is 5.60. The molecule has 110 valence electrons. The molecule has 1 aromatic carbocycles. The number of ether oxygens (including phenoxy) is 1. The van der Waals surface area contributed by atoms with Crippen molar-refractivity contribution >= 4 is 17.5 Å². The van der Waals surface area contributed by atoms with E-state index in [1.165, 1.54) is 0 Å². The van der Waals surface area contributed by atoms with Crippen LogP contribution in [-0.4, -0.2) is 30.3 Å². The van der Waals surface area contributed by atoms with Gasteiger partial charge in [-0.1, -0.05) is 24.4 Å². The summed E-state index contributed by atoms with van der Waals surface area (Å²) < 4.78 is 5.22. The van der Waals surface area contributed by atoms with Crippen LogP contribution >= 0.6 is 11.6 Å². The van der Waals surface area contributed by atoms with Gasteiger partial charge in [0.2, 0.25) is 5.91 Å². The lowest BCUT2D eigenvalue weighted by atomic mass is 9.92. The van der Waals surface area contributed by atoms with E-state index in [1.54, 1.807) is 25.3 Å². The summed E-state index contributed by atoms with van der Waals surface area (Å²) in [5.41, 5.74) is 0.753. The van der Waals surface area contributed by atoms with Crippen LogP contribution in [0.1, 0.15) is 31.2 Å². The minimum absolute atomic E-state index is 0.114. The van der Waals surface area contributed by atoms with Gasteiger partial charge in [0.05, 0.1) is 25.7 Å². The number of halogens is 1. The first-order chi connectivity index (χ1) is 9.60. The fourth-order valence-corrected chi connectivity index (χ4v) is 2.79. The van der Waals surface area contributed by atoms with Gasteiger partial charge in [0.25, 0.3) is 0 Å². The molecule has 1 aliphatic rings. The first-order valence-electron chi connectivity index (χ1n) is 6.90. The van der Waals surface area contributed by atoms with E-state index in [0.717, 1.165) is 31.2 Å². The second kappa shape index (κ2) is 6.95. The molecule has 2 rings (SSSR count). The summed E-state index contributed by atoms with van der Waals surface area (Å²) in [5, 5.41) is 13.3. The minimum atomic E-state index is -0.436. The molecule has 2 atom stereocenters. The lowest BCUT2D eigenvalue weighted by Gasteiger charge is -2.28. The van der Waals surface area contributed by atoms with E-state index in [9.17, 15) is 9.90 Å². The summed E-state index contributed by atoms with van der Waals surface area (Å²) in [7, 11) is 1.57. The summed E-state index contributed by atoms with van der Waals surface area (Å²) in [4.78, 5) is 12.1. The lowest BCUT2D eigenvalue weighted by molar-refractivity contribution is -0.122. The zero-order valence-corrected chi connectivity index (χ0v) is 12.3. The minimum Gasteiger partial charge on any atom is -0.496 e. The average molecular weight is 298 g/mol. The Labute approximate surface area is 124 Å². The monoisotopic (exact) mass is 297 g/mol. The predicted molar refractivity (Wildman–Crippen MR) is 78.1 cm³/mol. The standard InChI is InChI=1S/C15H20ClNO3/c1-20-14-7-6-11(16)8-10(14)9-15(19)17-12-4-2-3-5-13(12)18/h6-8,12-13,18H,2-5,9H2,1H3,(H,17,19)/t12-,13-/m0/s1. The number of carbonyl (C=O) groups is 1. The van der Waals surface area contributed by atoms with Gasteiger partial charge < -0.3 is 15.2 Å².